The van der Waals surface area contributed by atoms with E-state index in [0.717, 1.165) is 18.6 Å². The lowest BCUT2D eigenvalue weighted by molar-refractivity contribution is 0.0952. The van der Waals surface area contributed by atoms with Gasteiger partial charge in [0.1, 0.15) is 5.75 Å². The van der Waals surface area contributed by atoms with Gasteiger partial charge in [-0.05, 0) is 42.5 Å². The number of amides is 1. The third kappa shape index (κ3) is 6.15. The molecule has 0 atom stereocenters. The minimum Gasteiger partial charge on any atom is -0.493 e. The number of carbonyl (C=O) groups excluding carboxylic acids is 1. The zero-order chi connectivity index (χ0) is 16.5. The number of aryl methyl sites for hydroxylation is 1. The standard InChI is InChI=1S/C20H25NO2/c1-16(2)15-23-19-12-6-11-18(14-19)20(22)21-13-7-10-17-8-4-3-5-9-17/h3-6,8-9,11-12,14,16H,7,10,13,15H2,1-2H3,(H,21,22). The van der Waals surface area contributed by atoms with Gasteiger partial charge < -0.3 is 10.1 Å². The van der Waals surface area contributed by atoms with Crippen LogP contribution in [-0.4, -0.2) is 19.1 Å². The summed E-state index contributed by atoms with van der Waals surface area (Å²) < 4.78 is 5.66. The fourth-order valence-corrected chi connectivity index (χ4v) is 2.23. The summed E-state index contributed by atoms with van der Waals surface area (Å²) in [6.07, 6.45) is 1.90. The molecule has 0 fully saturated rings. The van der Waals surface area contributed by atoms with E-state index in [1.165, 1.54) is 5.56 Å². The largest absolute Gasteiger partial charge is 0.493 e. The quantitative estimate of drug-likeness (QED) is 0.746. The number of nitrogens with one attached hydrogen (secondary N) is 1. The molecule has 2 aromatic rings. The lowest BCUT2D eigenvalue weighted by Gasteiger charge is -2.10. The average Bonchev–Trinajstić information content (AvgIpc) is 2.58. The minimum atomic E-state index is -0.0481. The average molecular weight is 311 g/mol. The minimum absolute atomic E-state index is 0.0481. The first-order valence-electron chi connectivity index (χ1n) is 8.20. The summed E-state index contributed by atoms with van der Waals surface area (Å²) >= 11 is 0. The van der Waals surface area contributed by atoms with Crippen LogP contribution in [0.25, 0.3) is 0 Å². The molecule has 0 aliphatic heterocycles. The molecule has 0 bridgehead atoms. The van der Waals surface area contributed by atoms with Crippen LogP contribution in [0.1, 0.15) is 36.2 Å². The van der Waals surface area contributed by atoms with Crippen molar-refractivity contribution in [3.63, 3.8) is 0 Å². The Labute approximate surface area is 138 Å². The van der Waals surface area contributed by atoms with Crippen LogP contribution in [0, 0.1) is 5.92 Å². The monoisotopic (exact) mass is 311 g/mol. The summed E-state index contributed by atoms with van der Waals surface area (Å²) in [6, 6.07) is 17.7. The van der Waals surface area contributed by atoms with Crippen molar-refractivity contribution < 1.29 is 9.53 Å². The molecule has 23 heavy (non-hydrogen) atoms. The SMILES string of the molecule is CC(C)COc1cccc(C(=O)NCCCc2ccccc2)c1. The van der Waals surface area contributed by atoms with Gasteiger partial charge in [-0.2, -0.15) is 0 Å². The number of ether oxygens (including phenoxy) is 1. The fraction of sp³-hybridized carbons (Fsp3) is 0.350. The Morgan fingerprint density at radius 3 is 2.61 bits per heavy atom. The molecule has 122 valence electrons. The molecule has 3 nitrogen and oxygen atoms in total. The summed E-state index contributed by atoms with van der Waals surface area (Å²) in [6.45, 7) is 5.53. The van der Waals surface area contributed by atoms with Crippen molar-refractivity contribution in [3.8, 4) is 5.75 Å². The second-order valence-corrected chi connectivity index (χ2v) is 6.08. The molecule has 1 amide bonds. The first-order chi connectivity index (χ1) is 11.1. The third-order valence-corrected chi connectivity index (χ3v) is 3.45. The summed E-state index contributed by atoms with van der Waals surface area (Å²) in [7, 11) is 0. The van der Waals surface area contributed by atoms with E-state index in [9.17, 15) is 4.79 Å². The van der Waals surface area contributed by atoms with Crippen molar-refractivity contribution in [1.29, 1.82) is 0 Å². The smallest absolute Gasteiger partial charge is 0.251 e. The van der Waals surface area contributed by atoms with Gasteiger partial charge in [0.05, 0.1) is 6.61 Å². The molecule has 0 unspecified atom stereocenters. The molecule has 0 saturated heterocycles. The van der Waals surface area contributed by atoms with Gasteiger partial charge in [0, 0.05) is 12.1 Å². The molecular formula is C20H25NO2. The van der Waals surface area contributed by atoms with Crippen molar-refractivity contribution in [3.05, 3.63) is 65.7 Å². The van der Waals surface area contributed by atoms with Crippen molar-refractivity contribution in [2.45, 2.75) is 26.7 Å². The van der Waals surface area contributed by atoms with Gasteiger partial charge in [-0.15, -0.1) is 0 Å². The highest BCUT2D eigenvalue weighted by Crippen LogP contribution is 2.14. The molecule has 0 heterocycles. The van der Waals surface area contributed by atoms with Crippen molar-refractivity contribution in [2.24, 2.45) is 5.92 Å². The lowest BCUT2D eigenvalue weighted by atomic mass is 10.1. The van der Waals surface area contributed by atoms with Gasteiger partial charge in [-0.25, -0.2) is 0 Å². The zero-order valence-corrected chi connectivity index (χ0v) is 13.9. The zero-order valence-electron chi connectivity index (χ0n) is 13.9. The van der Waals surface area contributed by atoms with Crippen LogP contribution in [-0.2, 0) is 6.42 Å². The maximum atomic E-state index is 12.2. The number of rotatable bonds is 8. The van der Waals surface area contributed by atoms with E-state index in [1.807, 2.05) is 36.4 Å². The Morgan fingerprint density at radius 2 is 1.87 bits per heavy atom. The van der Waals surface area contributed by atoms with Gasteiger partial charge in [0.15, 0.2) is 0 Å². The highest BCUT2D eigenvalue weighted by atomic mass is 16.5. The number of hydrogen-bond donors (Lipinski definition) is 1. The van der Waals surface area contributed by atoms with E-state index >= 15 is 0 Å². The fourth-order valence-electron chi connectivity index (χ4n) is 2.23. The number of carbonyl (C=O) groups is 1. The molecule has 1 N–H and O–H groups in total. The summed E-state index contributed by atoms with van der Waals surface area (Å²) in [5.41, 5.74) is 1.94. The molecule has 0 aromatic heterocycles. The highest BCUT2D eigenvalue weighted by molar-refractivity contribution is 5.94. The Balaban J connectivity index is 1.77. The summed E-state index contributed by atoms with van der Waals surface area (Å²) in [4.78, 5) is 12.2. The topological polar surface area (TPSA) is 38.3 Å². The predicted octanol–water partition coefficient (Wildman–Crippen LogP) is 4.08. The second kappa shape index (κ2) is 8.99. The molecule has 0 radical (unpaired) electrons. The van der Waals surface area contributed by atoms with E-state index in [4.69, 9.17) is 4.74 Å². The van der Waals surface area contributed by atoms with E-state index in [2.05, 4.69) is 31.3 Å². The van der Waals surface area contributed by atoms with E-state index in [1.54, 1.807) is 6.07 Å². The summed E-state index contributed by atoms with van der Waals surface area (Å²) in [5, 5.41) is 2.97. The Hall–Kier alpha value is -2.29. The molecular weight excluding hydrogens is 286 g/mol. The molecule has 0 spiro atoms. The maximum Gasteiger partial charge on any atom is 0.251 e. The molecule has 0 saturated carbocycles. The van der Waals surface area contributed by atoms with Crippen LogP contribution < -0.4 is 10.1 Å². The molecule has 2 rings (SSSR count). The van der Waals surface area contributed by atoms with Crippen molar-refractivity contribution in [1.82, 2.24) is 5.32 Å². The van der Waals surface area contributed by atoms with E-state index in [0.29, 0.717) is 24.6 Å². The normalized spacial score (nSPS) is 10.6. The van der Waals surface area contributed by atoms with E-state index in [-0.39, 0.29) is 5.91 Å². The van der Waals surface area contributed by atoms with Gasteiger partial charge in [0.25, 0.3) is 5.91 Å². The molecule has 0 aliphatic carbocycles. The number of benzene rings is 2. The van der Waals surface area contributed by atoms with Crippen LogP contribution in [0.15, 0.2) is 54.6 Å². The first kappa shape index (κ1) is 17.1. The second-order valence-electron chi connectivity index (χ2n) is 6.08. The van der Waals surface area contributed by atoms with Gasteiger partial charge in [-0.3, -0.25) is 4.79 Å². The van der Waals surface area contributed by atoms with Crippen LogP contribution >= 0.6 is 0 Å². The van der Waals surface area contributed by atoms with Gasteiger partial charge in [-0.1, -0.05) is 50.2 Å². The maximum absolute atomic E-state index is 12.2. The molecule has 3 heteroatoms. The van der Waals surface area contributed by atoms with E-state index < -0.39 is 0 Å². The van der Waals surface area contributed by atoms with Crippen molar-refractivity contribution in [2.75, 3.05) is 13.2 Å². The third-order valence-electron chi connectivity index (χ3n) is 3.45. The Kier molecular flexibility index (Phi) is 6.67. The Morgan fingerprint density at radius 1 is 1.09 bits per heavy atom. The lowest BCUT2D eigenvalue weighted by Crippen LogP contribution is -2.24. The Bertz CT molecular complexity index is 608. The van der Waals surface area contributed by atoms with Crippen LogP contribution in [0.2, 0.25) is 0 Å². The molecule has 0 aliphatic rings. The predicted molar refractivity (Wildman–Crippen MR) is 93.9 cm³/mol. The highest BCUT2D eigenvalue weighted by Gasteiger charge is 2.06. The number of hydrogen-bond acceptors (Lipinski definition) is 2. The molecule has 2 aromatic carbocycles. The summed E-state index contributed by atoms with van der Waals surface area (Å²) in [5.74, 6) is 1.16. The van der Waals surface area contributed by atoms with Crippen LogP contribution in [0.4, 0.5) is 0 Å². The van der Waals surface area contributed by atoms with Gasteiger partial charge >= 0.3 is 0 Å². The van der Waals surface area contributed by atoms with Crippen LogP contribution in [0.5, 0.6) is 5.75 Å². The van der Waals surface area contributed by atoms with Crippen molar-refractivity contribution >= 4 is 5.91 Å². The van der Waals surface area contributed by atoms with Gasteiger partial charge in [0.2, 0.25) is 0 Å². The van der Waals surface area contributed by atoms with Crippen LogP contribution in [0.3, 0.4) is 0 Å². The first-order valence-corrected chi connectivity index (χ1v) is 8.20.